The third kappa shape index (κ3) is 4.48. The number of anilines is 1. The number of hydrogen-bond acceptors (Lipinski definition) is 3. The van der Waals surface area contributed by atoms with Gasteiger partial charge in [0.05, 0.1) is 0 Å². The number of nitrogens with zero attached hydrogens (tertiary/aromatic N) is 3. The summed E-state index contributed by atoms with van der Waals surface area (Å²) in [5.74, 6) is 3.01. The molecule has 0 radical (unpaired) electrons. The molecule has 3 nitrogen and oxygen atoms in total. The second kappa shape index (κ2) is 8.96. The number of likely N-dealkylation sites (tertiary alicyclic amines) is 1. The molecule has 3 heterocycles. The van der Waals surface area contributed by atoms with E-state index in [1.165, 1.54) is 32.6 Å². The van der Waals surface area contributed by atoms with Gasteiger partial charge in [-0.1, -0.05) is 33.8 Å². The molecule has 0 amide bonds. The summed E-state index contributed by atoms with van der Waals surface area (Å²) in [4.78, 5) is 9.16. The Morgan fingerprint density at radius 3 is 2.10 bits per heavy atom. The number of rotatable bonds is 3. The lowest BCUT2D eigenvalue weighted by atomic mass is 9.85. The van der Waals surface area contributed by atoms with Crippen LogP contribution < -0.4 is 4.90 Å². The highest BCUT2D eigenvalue weighted by molar-refractivity contribution is 5.40. The molecule has 1 aromatic rings. The molecule has 0 aromatic carbocycles. The first-order valence-electron chi connectivity index (χ1n) is 8.16. The lowest BCUT2D eigenvalue weighted by Gasteiger charge is -2.45. The molecule has 0 N–H and O–H groups in total. The highest BCUT2D eigenvalue weighted by atomic mass is 15.2. The monoisotopic (exact) mass is 277 g/mol. The highest BCUT2D eigenvalue weighted by Crippen LogP contribution is 2.30. The Labute approximate surface area is 125 Å². The molecule has 0 atom stereocenters. The molecule has 114 valence electrons. The van der Waals surface area contributed by atoms with Gasteiger partial charge in [0.25, 0.3) is 0 Å². The first kappa shape index (κ1) is 17.0. The summed E-state index contributed by atoms with van der Waals surface area (Å²) < 4.78 is 0. The fourth-order valence-electron chi connectivity index (χ4n) is 2.90. The zero-order valence-corrected chi connectivity index (χ0v) is 13.8. The summed E-state index contributed by atoms with van der Waals surface area (Å²) in [6.45, 7) is 13.0. The molecule has 2 aliphatic heterocycles. The van der Waals surface area contributed by atoms with Crippen LogP contribution >= 0.6 is 0 Å². The summed E-state index contributed by atoms with van der Waals surface area (Å²) in [6.07, 6.45) is 3.29. The van der Waals surface area contributed by atoms with Crippen LogP contribution in [0.3, 0.4) is 0 Å². The molecular weight excluding hydrogens is 246 g/mol. The first-order chi connectivity index (χ1) is 9.81. The second-order valence-corrected chi connectivity index (χ2v) is 5.28. The van der Waals surface area contributed by atoms with Crippen molar-refractivity contribution in [2.24, 2.45) is 11.8 Å². The third-order valence-electron chi connectivity index (χ3n) is 3.74. The fraction of sp³-hybridized carbons (Fsp3) is 0.706. The van der Waals surface area contributed by atoms with Crippen molar-refractivity contribution in [3.63, 3.8) is 0 Å². The quantitative estimate of drug-likeness (QED) is 0.842. The first-order valence-corrected chi connectivity index (χ1v) is 8.16. The van der Waals surface area contributed by atoms with Crippen molar-refractivity contribution in [1.29, 1.82) is 0 Å². The standard InChI is InChI=1S/C13H19N3.2C2H6/c1-15-7-11(8-15)6-12-9-16(10-12)13-4-2-3-5-14-13;2*1-2/h2-5,11-12H,6-10H2,1H3;2*1-2H3. The third-order valence-corrected chi connectivity index (χ3v) is 3.74. The molecule has 2 fully saturated rings. The maximum Gasteiger partial charge on any atom is 0.128 e. The topological polar surface area (TPSA) is 19.4 Å². The van der Waals surface area contributed by atoms with Crippen molar-refractivity contribution in [2.75, 3.05) is 38.1 Å². The molecule has 0 aliphatic carbocycles. The van der Waals surface area contributed by atoms with Gasteiger partial charge >= 0.3 is 0 Å². The van der Waals surface area contributed by atoms with Gasteiger partial charge in [-0.2, -0.15) is 0 Å². The van der Waals surface area contributed by atoms with Gasteiger partial charge < -0.3 is 9.80 Å². The van der Waals surface area contributed by atoms with Crippen LogP contribution in [-0.2, 0) is 0 Å². The lowest BCUT2D eigenvalue weighted by Crippen LogP contribution is -2.52. The van der Waals surface area contributed by atoms with E-state index in [2.05, 4.69) is 34.0 Å². The van der Waals surface area contributed by atoms with Crippen LogP contribution in [0.4, 0.5) is 5.82 Å². The zero-order valence-electron chi connectivity index (χ0n) is 13.8. The van der Waals surface area contributed by atoms with Crippen LogP contribution in [0, 0.1) is 11.8 Å². The van der Waals surface area contributed by atoms with E-state index >= 15 is 0 Å². The largest absolute Gasteiger partial charge is 0.356 e. The number of hydrogen-bond donors (Lipinski definition) is 0. The molecular formula is C17H31N3. The summed E-state index contributed by atoms with van der Waals surface area (Å²) in [7, 11) is 2.21. The maximum absolute atomic E-state index is 4.38. The van der Waals surface area contributed by atoms with Crippen LogP contribution in [0.15, 0.2) is 24.4 Å². The molecule has 0 spiro atoms. The van der Waals surface area contributed by atoms with Gasteiger partial charge in [0.1, 0.15) is 5.82 Å². The van der Waals surface area contributed by atoms with E-state index < -0.39 is 0 Å². The van der Waals surface area contributed by atoms with Crippen molar-refractivity contribution in [1.82, 2.24) is 9.88 Å². The second-order valence-electron chi connectivity index (χ2n) is 5.28. The van der Waals surface area contributed by atoms with E-state index in [1.54, 1.807) is 0 Å². The smallest absolute Gasteiger partial charge is 0.128 e. The minimum absolute atomic E-state index is 0.903. The number of aromatic nitrogens is 1. The molecule has 2 aliphatic rings. The van der Waals surface area contributed by atoms with Gasteiger partial charge in [-0.05, 0) is 37.4 Å². The maximum atomic E-state index is 4.38. The Balaban J connectivity index is 0.000000461. The van der Waals surface area contributed by atoms with Crippen LogP contribution in [0.5, 0.6) is 0 Å². The minimum Gasteiger partial charge on any atom is -0.356 e. The van der Waals surface area contributed by atoms with Gasteiger partial charge in [-0.3, -0.25) is 0 Å². The van der Waals surface area contributed by atoms with Crippen LogP contribution in [-0.4, -0.2) is 43.1 Å². The average Bonchev–Trinajstić information content (AvgIpc) is 2.45. The van der Waals surface area contributed by atoms with Crippen LogP contribution in [0.25, 0.3) is 0 Å². The van der Waals surface area contributed by atoms with Gasteiger partial charge in [-0.15, -0.1) is 0 Å². The molecule has 1 aromatic heterocycles. The van der Waals surface area contributed by atoms with Gasteiger partial charge in [-0.25, -0.2) is 4.98 Å². The number of pyridine rings is 1. The Kier molecular flexibility index (Phi) is 7.60. The van der Waals surface area contributed by atoms with Gasteiger partial charge in [0, 0.05) is 32.4 Å². The normalized spacial score (nSPS) is 18.9. The summed E-state index contributed by atoms with van der Waals surface area (Å²) >= 11 is 0. The molecule has 0 bridgehead atoms. The predicted molar refractivity (Wildman–Crippen MR) is 88.2 cm³/mol. The Morgan fingerprint density at radius 1 is 1.00 bits per heavy atom. The minimum atomic E-state index is 0.903. The summed E-state index contributed by atoms with van der Waals surface area (Å²) in [5.41, 5.74) is 0. The zero-order chi connectivity index (χ0) is 15.0. The van der Waals surface area contributed by atoms with E-state index in [4.69, 9.17) is 0 Å². The van der Waals surface area contributed by atoms with E-state index in [0.29, 0.717) is 0 Å². The molecule has 0 unspecified atom stereocenters. The average molecular weight is 277 g/mol. The summed E-state index contributed by atoms with van der Waals surface area (Å²) in [5, 5.41) is 0. The van der Waals surface area contributed by atoms with E-state index in [1.807, 2.05) is 40.0 Å². The van der Waals surface area contributed by atoms with Gasteiger partial charge in [0.15, 0.2) is 0 Å². The van der Waals surface area contributed by atoms with Crippen molar-refractivity contribution in [3.05, 3.63) is 24.4 Å². The van der Waals surface area contributed by atoms with E-state index in [0.717, 1.165) is 17.7 Å². The van der Waals surface area contributed by atoms with Crippen LogP contribution in [0.1, 0.15) is 34.1 Å². The lowest BCUT2D eigenvalue weighted by molar-refractivity contribution is 0.105. The Hall–Kier alpha value is -1.09. The highest BCUT2D eigenvalue weighted by Gasteiger charge is 2.33. The molecule has 20 heavy (non-hydrogen) atoms. The van der Waals surface area contributed by atoms with Crippen molar-refractivity contribution >= 4 is 5.82 Å². The Bertz CT molecular complexity index is 341. The van der Waals surface area contributed by atoms with Crippen molar-refractivity contribution < 1.29 is 0 Å². The SMILES string of the molecule is CC.CC.CN1CC(CC2CN(c3ccccn3)C2)C1. The van der Waals surface area contributed by atoms with Gasteiger partial charge in [0.2, 0.25) is 0 Å². The van der Waals surface area contributed by atoms with Crippen molar-refractivity contribution in [3.8, 4) is 0 Å². The predicted octanol–water partition coefficient (Wildman–Crippen LogP) is 3.52. The summed E-state index contributed by atoms with van der Waals surface area (Å²) in [6, 6.07) is 6.15. The molecule has 3 rings (SSSR count). The Morgan fingerprint density at radius 2 is 1.60 bits per heavy atom. The molecule has 2 saturated heterocycles. The molecule has 3 heteroatoms. The van der Waals surface area contributed by atoms with E-state index in [9.17, 15) is 0 Å². The molecule has 0 saturated carbocycles. The van der Waals surface area contributed by atoms with E-state index in [-0.39, 0.29) is 0 Å². The van der Waals surface area contributed by atoms with Crippen molar-refractivity contribution in [2.45, 2.75) is 34.1 Å². The fourth-order valence-corrected chi connectivity index (χ4v) is 2.90. The van der Waals surface area contributed by atoms with Crippen LogP contribution in [0.2, 0.25) is 0 Å².